The normalized spacial score (nSPS) is 17.4. The molecule has 3 aromatic rings. The molecule has 3 heterocycles. The summed E-state index contributed by atoms with van der Waals surface area (Å²) >= 11 is 0. The number of hydrogen-bond acceptors (Lipinski definition) is 4. The largest absolute Gasteiger partial charge is 0.345 e. The monoisotopic (exact) mass is 365 g/mol. The molecule has 0 aliphatic carbocycles. The lowest BCUT2D eigenvalue weighted by atomic mass is 9.96. The molecule has 2 aromatic heterocycles. The summed E-state index contributed by atoms with van der Waals surface area (Å²) in [6, 6.07) is 7.62. The van der Waals surface area contributed by atoms with Crippen LogP contribution in [0.3, 0.4) is 0 Å². The van der Waals surface area contributed by atoms with Crippen LogP contribution in [-0.4, -0.2) is 43.2 Å². The maximum absolute atomic E-state index is 13.2. The van der Waals surface area contributed by atoms with E-state index in [-0.39, 0.29) is 17.5 Å². The molecule has 1 fully saturated rings. The van der Waals surface area contributed by atoms with Gasteiger partial charge >= 0.3 is 5.69 Å². The first kappa shape index (κ1) is 17.5. The van der Waals surface area contributed by atoms with Crippen molar-refractivity contribution in [1.29, 1.82) is 0 Å². The summed E-state index contributed by atoms with van der Waals surface area (Å²) in [4.78, 5) is 31.5. The van der Waals surface area contributed by atoms with Gasteiger partial charge in [-0.1, -0.05) is 12.1 Å². The number of carbonyl (C=O) groups excluding carboxylic acids is 1. The van der Waals surface area contributed by atoms with Crippen LogP contribution in [0.4, 0.5) is 0 Å². The third-order valence-corrected chi connectivity index (χ3v) is 5.34. The van der Waals surface area contributed by atoms with Gasteiger partial charge in [0, 0.05) is 55.9 Å². The van der Waals surface area contributed by atoms with Crippen molar-refractivity contribution >= 4 is 16.7 Å². The fourth-order valence-corrected chi connectivity index (χ4v) is 3.97. The van der Waals surface area contributed by atoms with Gasteiger partial charge in [0.05, 0.1) is 0 Å². The van der Waals surface area contributed by atoms with Crippen LogP contribution in [0, 0.1) is 0 Å². The predicted molar refractivity (Wildman–Crippen MR) is 103 cm³/mol. The number of likely N-dealkylation sites (tertiary alicyclic amines) is 1. The molecule has 0 spiro atoms. The summed E-state index contributed by atoms with van der Waals surface area (Å²) in [5.74, 6) is 0.885. The lowest BCUT2D eigenvalue weighted by Gasteiger charge is -2.32. The zero-order valence-electron chi connectivity index (χ0n) is 15.6. The molecule has 7 nitrogen and oxygen atoms in total. The third-order valence-electron chi connectivity index (χ3n) is 5.34. The zero-order valence-corrected chi connectivity index (χ0v) is 15.6. The van der Waals surface area contributed by atoms with Gasteiger partial charge in [0.1, 0.15) is 5.82 Å². The highest BCUT2D eigenvalue weighted by Gasteiger charge is 2.29. The Morgan fingerprint density at radius 1 is 1.30 bits per heavy atom. The van der Waals surface area contributed by atoms with E-state index in [0.717, 1.165) is 36.0 Å². The molecule has 1 aromatic carbocycles. The molecule has 27 heavy (non-hydrogen) atoms. The number of piperidine rings is 1. The molecular formula is C20H23N5O2. The number of aryl methyl sites for hydroxylation is 1. The Bertz CT molecular complexity index is 1050. The number of rotatable bonds is 3. The van der Waals surface area contributed by atoms with Crippen molar-refractivity contribution in [2.45, 2.75) is 32.2 Å². The van der Waals surface area contributed by atoms with E-state index in [1.54, 1.807) is 24.0 Å². The standard InChI is InChI=1S/C20H23N5O2/c1-3-25-18(22-23(2)20(25)27)15-7-5-11-24(13-15)19(26)17-8-4-6-14-12-21-10-9-16(14)17/h4,6,8-10,12,15H,3,5,7,11,13H2,1-2H3. The van der Waals surface area contributed by atoms with E-state index >= 15 is 0 Å². The van der Waals surface area contributed by atoms with Crippen molar-refractivity contribution < 1.29 is 4.79 Å². The summed E-state index contributed by atoms with van der Waals surface area (Å²) in [5, 5.41) is 6.32. The molecule has 1 aliphatic heterocycles. The van der Waals surface area contributed by atoms with E-state index in [2.05, 4.69) is 10.1 Å². The SMILES string of the molecule is CCn1c(C2CCCN(C(=O)c3cccc4cnccc34)C2)nn(C)c1=O. The molecule has 1 aliphatic rings. The molecule has 0 N–H and O–H groups in total. The number of carbonyl (C=O) groups is 1. The average Bonchev–Trinajstić information content (AvgIpc) is 3.01. The summed E-state index contributed by atoms with van der Waals surface area (Å²) in [5.41, 5.74) is 0.599. The second-order valence-electron chi connectivity index (χ2n) is 7.00. The van der Waals surface area contributed by atoms with Gasteiger partial charge in [0.2, 0.25) is 0 Å². The van der Waals surface area contributed by atoms with Crippen molar-refractivity contribution in [2.75, 3.05) is 13.1 Å². The topological polar surface area (TPSA) is 73.0 Å². The van der Waals surface area contributed by atoms with Gasteiger partial charge in [-0.25, -0.2) is 9.48 Å². The smallest absolute Gasteiger partial charge is 0.338 e. The van der Waals surface area contributed by atoms with Gasteiger partial charge in [-0.05, 0) is 37.3 Å². The summed E-state index contributed by atoms with van der Waals surface area (Å²) in [6.07, 6.45) is 5.32. The van der Waals surface area contributed by atoms with Gasteiger partial charge in [-0.3, -0.25) is 14.3 Å². The number of nitrogens with zero attached hydrogens (tertiary/aromatic N) is 5. The van der Waals surface area contributed by atoms with Crippen LogP contribution in [0.5, 0.6) is 0 Å². The van der Waals surface area contributed by atoms with E-state index in [1.807, 2.05) is 36.1 Å². The van der Waals surface area contributed by atoms with Crippen molar-refractivity contribution in [1.82, 2.24) is 24.2 Å². The number of pyridine rings is 1. The minimum absolute atomic E-state index is 0.0258. The number of amides is 1. The number of hydrogen-bond donors (Lipinski definition) is 0. The minimum Gasteiger partial charge on any atom is -0.338 e. The van der Waals surface area contributed by atoms with Crippen molar-refractivity contribution in [3.8, 4) is 0 Å². The highest BCUT2D eigenvalue weighted by molar-refractivity contribution is 6.06. The van der Waals surface area contributed by atoms with Gasteiger partial charge in [0.25, 0.3) is 5.91 Å². The summed E-state index contributed by atoms with van der Waals surface area (Å²) < 4.78 is 3.10. The molecule has 4 rings (SSSR count). The first-order chi connectivity index (χ1) is 13.1. The average molecular weight is 365 g/mol. The fourth-order valence-electron chi connectivity index (χ4n) is 3.97. The maximum Gasteiger partial charge on any atom is 0.345 e. The molecule has 7 heteroatoms. The number of fused-ring (bicyclic) bond motifs is 1. The Balaban J connectivity index is 1.64. The van der Waals surface area contributed by atoms with Crippen LogP contribution < -0.4 is 5.69 Å². The summed E-state index contributed by atoms with van der Waals surface area (Å²) in [7, 11) is 1.67. The maximum atomic E-state index is 13.2. The van der Waals surface area contributed by atoms with E-state index in [4.69, 9.17) is 0 Å². The van der Waals surface area contributed by atoms with Crippen LogP contribution in [0.2, 0.25) is 0 Å². The van der Waals surface area contributed by atoms with Crippen molar-refractivity contribution in [3.05, 3.63) is 58.5 Å². The van der Waals surface area contributed by atoms with Crippen LogP contribution >= 0.6 is 0 Å². The zero-order chi connectivity index (χ0) is 19.0. The number of aromatic nitrogens is 4. The number of benzene rings is 1. The molecule has 140 valence electrons. The molecule has 0 saturated carbocycles. The highest BCUT2D eigenvalue weighted by atomic mass is 16.2. The quantitative estimate of drug-likeness (QED) is 0.713. The predicted octanol–water partition coefficient (Wildman–Crippen LogP) is 2.17. The lowest BCUT2D eigenvalue weighted by Crippen LogP contribution is -2.40. The third kappa shape index (κ3) is 3.03. The second-order valence-corrected chi connectivity index (χ2v) is 7.00. The Hall–Kier alpha value is -2.96. The Morgan fingerprint density at radius 3 is 2.96 bits per heavy atom. The molecule has 1 amide bonds. The second kappa shape index (κ2) is 6.98. The van der Waals surface area contributed by atoms with Crippen LogP contribution in [0.15, 0.2) is 41.5 Å². The first-order valence-electron chi connectivity index (χ1n) is 9.36. The Kier molecular flexibility index (Phi) is 4.51. The van der Waals surface area contributed by atoms with E-state index in [9.17, 15) is 9.59 Å². The first-order valence-corrected chi connectivity index (χ1v) is 9.36. The van der Waals surface area contributed by atoms with E-state index in [0.29, 0.717) is 18.7 Å². The van der Waals surface area contributed by atoms with Crippen LogP contribution in [0.25, 0.3) is 10.8 Å². The van der Waals surface area contributed by atoms with Gasteiger partial charge in [0.15, 0.2) is 0 Å². The van der Waals surface area contributed by atoms with Gasteiger partial charge in [-0.2, -0.15) is 5.10 Å². The molecular weight excluding hydrogens is 342 g/mol. The minimum atomic E-state index is -0.0995. The molecule has 0 bridgehead atoms. The van der Waals surface area contributed by atoms with Crippen molar-refractivity contribution in [3.63, 3.8) is 0 Å². The Labute approximate surface area is 157 Å². The van der Waals surface area contributed by atoms with Crippen LogP contribution in [-0.2, 0) is 13.6 Å². The molecule has 1 saturated heterocycles. The molecule has 1 atom stereocenters. The van der Waals surface area contributed by atoms with Crippen LogP contribution in [0.1, 0.15) is 41.9 Å². The molecule has 1 unspecified atom stereocenters. The fraction of sp³-hybridized carbons (Fsp3) is 0.400. The highest BCUT2D eigenvalue weighted by Crippen LogP contribution is 2.27. The van der Waals surface area contributed by atoms with E-state index in [1.165, 1.54) is 4.68 Å². The molecule has 0 radical (unpaired) electrons. The van der Waals surface area contributed by atoms with E-state index < -0.39 is 0 Å². The summed E-state index contributed by atoms with van der Waals surface area (Å²) in [6.45, 7) is 3.84. The van der Waals surface area contributed by atoms with Gasteiger partial charge < -0.3 is 4.90 Å². The lowest BCUT2D eigenvalue weighted by molar-refractivity contribution is 0.0705. The Morgan fingerprint density at radius 2 is 2.15 bits per heavy atom. The van der Waals surface area contributed by atoms with Gasteiger partial charge in [-0.15, -0.1) is 0 Å². The van der Waals surface area contributed by atoms with Crippen molar-refractivity contribution in [2.24, 2.45) is 7.05 Å².